The number of unbranched alkanes of at least 4 members (excludes halogenated alkanes) is 52. The Bertz CT molecular complexity index is 1910. The first kappa shape index (κ1) is 98.1. The van der Waals surface area contributed by atoms with Crippen LogP contribution in [-0.4, -0.2) is 96.7 Å². The maximum absolute atomic E-state index is 13.1. The van der Waals surface area contributed by atoms with Gasteiger partial charge in [0.05, 0.1) is 26.4 Å². The minimum absolute atomic E-state index is 0.106. The predicted octanol–water partition coefficient (Wildman–Crippen LogP) is 24.4. The van der Waals surface area contributed by atoms with Gasteiger partial charge in [-0.05, 0) is 31.6 Å². The van der Waals surface area contributed by atoms with E-state index < -0.39 is 97.5 Å². The summed E-state index contributed by atoms with van der Waals surface area (Å²) in [5.74, 6) is -1.34. The van der Waals surface area contributed by atoms with Crippen LogP contribution in [0.2, 0.25) is 0 Å². The molecular formula is C81H158O17P2. The molecule has 6 atom stereocenters. The van der Waals surface area contributed by atoms with E-state index in [1.54, 1.807) is 0 Å². The van der Waals surface area contributed by atoms with Gasteiger partial charge in [-0.2, -0.15) is 0 Å². The first-order valence-corrected chi connectivity index (χ1v) is 45.2. The number of ether oxygens (including phenoxy) is 4. The summed E-state index contributed by atoms with van der Waals surface area (Å²) in [6.45, 7) is 7.32. The van der Waals surface area contributed by atoms with Crippen LogP contribution in [0.25, 0.3) is 0 Å². The molecule has 0 aromatic carbocycles. The lowest BCUT2D eigenvalue weighted by Gasteiger charge is -2.21. The highest BCUT2D eigenvalue weighted by atomic mass is 31.2. The second kappa shape index (κ2) is 73.9. The highest BCUT2D eigenvalue weighted by Gasteiger charge is 2.30. The molecule has 0 aromatic rings. The van der Waals surface area contributed by atoms with Crippen LogP contribution in [0.4, 0.5) is 0 Å². The zero-order chi connectivity index (χ0) is 73.4. The van der Waals surface area contributed by atoms with Gasteiger partial charge in [0, 0.05) is 25.7 Å². The van der Waals surface area contributed by atoms with E-state index in [9.17, 15) is 43.2 Å². The third-order valence-corrected chi connectivity index (χ3v) is 21.3. The number of phosphoric ester groups is 2. The SMILES string of the molecule is CCCCCCCCCCCCCCCCCCCCCCCCC(=O)O[C@H](COC(=O)CCCCCCCCCCCCCCCC)COP(=O)(O)OC[C@@H](O)COP(=O)(O)OC[C@@H](COC(=O)CCCCCCCCCCCCCC)OC(=O)CCCCCCCCCCC(C)CC. The largest absolute Gasteiger partial charge is 0.472 e. The molecule has 0 heterocycles. The van der Waals surface area contributed by atoms with Crippen molar-refractivity contribution in [3.63, 3.8) is 0 Å². The van der Waals surface area contributed by atoms with Crippen molar-refractivity contribution in [2.45, 2.75) is 451 Å². The van der Waals surface area contributed by atoms with Crippen LogP contribution in [0.15, 0.2) is 0 Å². The third kappa shape index (κ3) is 73.0. The molecular weight excluding hydrogens is 1310 g/mol. The first-order chi connectivity index (χ1) is 48.6. The van der Waals surface area contributed by atoms with Gasteiger partial charge < -0.3 is 33.8 Å². The number of esters is 4. The molecule has 0 amide bonds. The normalized spacial score (nSPS) is 14.1. The van der Waals surface area contributed by atoms with E-state index in [0.717, 1.165) is 95.8 Å². The van der Waals surface area contributed by atoms with Crippen molar-refractivity contribution in [2.24, 2.45) is 5.92 Å². The number of carbonyl (C=O) groups excluding carboxylic acids is 4. The molecule has 594 valence electrons. The van der Waals surface area contributed by atoms with Gasteiger partial charge in [0.2, 0.25) is 0 Å². The molecule has 0 fully saturated rings. The topological polar surface area (TPSA) is 237 Å². The van der Waals surface area contributed by atoms with Crippen LogP contribution in [0, 0.1) is 5.92 Å². The van der Waals surface area contributed by atoms with Gasteiger partial charge >= 0.3 is 39.5 Å². The molecule has 0 spiro atoms. The van der Waals surface area contributed by atoms with Gasteiger partial charge in [-0.3, -0.25) is 37.3 Å². The molecule has 0 aliphatic heterocycles. The summed E-state index contributed by atoms with van der Waals surface area (Å²) in [6, 6.07) is 0. The van der Waals surface area contributed by atoms with Gasteiger partial charge in [0.15, 0.2) is 12.2 Å². The lowest BCUT2D eigenvalue weighted by atomic mass is 9.99. The Morgan fingerprint density at radius 1 is 0.280 bits per heavy atom. The highest BCUT2D eigenvalue weighted by Crippen LogP contribution is 2.45. The minimum atomic E-state index is -4.96. The van der Waals surface area contributed by atoms with E-state index in [1.807, 2.05) is 0 Å². The maximum atomic E-state index is 13.1. The van der Waals surface area contributed by atoms with Gasteiger partial charge in [0.1, 0.15) is 19.3 Å². The number of aliphatic hydroxyl groups is 1. The van der Waals surface area contributed by atoms with Gasteiger partial charge in [-0.1, -0.05) is 381 Å². The molecule has 0 aliphatic rings. The van der Waals surface area contributed by atoms with E-state index in [1.165, 1.54) is 257 Å². The van der Waals surface area contributed by atoms with Crippen molar-refractivity contribution in [3.8, 4) is 0 Å². The molecule has 0 saturated carbocycles. The van der Waals surface area contributed by atoms with Gasteiger partial charge in [0.25, 0.3) is 0 Å². The van der Waals surface area contributed by atoms with Crippen molar-refractivity contribution >= 4 is 39.5 Å². The summed E-state index contributed by atoms with van der Waals surface area (Å²) in [7, 11) is -9.92. The number of phosphoric acid groups is 2. The Labute approximate surface area is 613 Å². The Morgan fingerprint density at radius 2 is 0.480 bits per heavy atom. The van der Waals surface area contributed by atoms with Crippen LogP contribution in [-0.2, 0) is 65.4 Å². The van der Waals surface area contributed by atoms with E-state index in [2.05, 4.69) is 34.6 Å². The average molecular weight is 1470 g/mol. The quantitative estimate of drug-likeness (QED) is 0.0222. The molecule has 19 heteroatoms. The Balaban J connectivity index is 5.21. The van der Waals surface area contributed by atoms with Gasteiger partial charge in [-0.15, -0.1) is 0 Å². The van der Waals surface area contributed by atoms with E-state index in [-0.39, 0.29) is 25.7 Å². The number of carbonyl (C=O) groups is 4. The van der Waals surface area contributed by atoms with E-state index in [4.69, 9.17) is 37.0 Å². The average Bonchev–Trinajstić information content (AvgIpc) is 0.929. The molecule has 0 radical (unpaired) electrons. The molecule has 0 saturated heterocycles. The van der Waals surface area contributed by atoms with E-state index >= 15 is 0 Å². The standard InChI is InChI=1S/C81H158O17P2/c1-6-10-13-16-19-22-25-28-30-31-32-33-34-35-36-37-39-42-45-51-56-61-66-80(85)97-76(70-91-79(84)65-60-55-50-44-41-38-29-26-23-20-17-14-11-7-2)72-95-99(87,88)93-68-75(82)69-94-100(89,90)96-73-77(98-81(86)67-62-57-52-47-46-48-53-58-63-74(5)9-4)71-92-78(83)64-59-54-49-43-40-27-24-21-18-15-12-8-3/h74-77,82H,6-73H2,1-5H3,(H,87,88)(H,89,90)/t74?,75-,76-,77-/m1/s1. The number of hydrogen-bond donors (Lipinski definition) is 3. The third-order valence-electron chi connectivity index (χ3n) is 19.4. The lowest BCUT2D eigenvalue weighted by Crippen LogP contribution is -2.30. The second-order valence-electron chi connectivity index (χ2n) is 29.4. The predicted molar refractivity (Wildman–Crippen MR) is 409 cm³/mol. The minimum Gasteiger partial charge on any atom is -0.462 e. The first-order valence-electron chi connectivity index (χ1n) is 42.2. The van der Waals surface area contributed by atoms with Crippen LogP contribution in [0.3, 0.4) is 0 Å². The van der Waals surface area contributed by atoms with Crippen molar-refractivity contribution in [1.82, 2.24) is 0 Å². The fourth-order valence-corrected chi connectivity index (χ4v) is 14.1. The Kier molecular flexibility index (Phi) is 72.5. The van der Waals surface area contributed by atoms with Crippen molar-refractivity contribution < 1.29 is 80.2 Å². The van der Waals surface area contributed by atoms with Crippen molar-refractivity contribution in [1.29, 1.82) is 0 Å². The summed E-state index contributed by atoms with van der Waals surface area (Å²) in [4.78, 5) is 73.0. The lowest BCUT2D eigenvalue weighted by molar-refractivity contribution is -0.161. The zero-order valence-electron chi connectivity index (χ0n) is 65.3. The fourth-order valence-electron chi connectivity index (χ4n) is 12.6. The van der Waals surface area contributed by atoms with Crippen molar-refractivity contribution in [3.05, 3.63) is 0 Å². The summed E-state index contributed by atoms with van der Waals surface area (Å²) in [5, 5.41) is 10.6. The summed E-state index contributed by atoms with van der Waals surface area (Å²) in [6.07, 6.45) is 65.2. The summed E-state index contributed by atoms with van der Waals surface area (Å²) in [5.41, 5.74) is 0. The van der Waals surface area contributed by atoms with Crippen LogP contribution in [0.1, 0.15) is 433 Å². The Hall–Kier alpha value is -1.94. The highest BCUT2D eigenvalue weighted by molar-refractivity contribution is 7.47. The molecule has 0 bridgehead atoms. The number of aliphatic hydroxyl groups excluding tert-OH is 1. The summed E-state index contributed by atoms with van der Waals surface area (Å²) >= 11 is 0. The van der Waals surface area contributed by atoms with E-state index in [0.29, 0.717) is 25.7 Å². The zero-order valence-corrected chi connectivity index (χ0v) is 67.1. The van der Waals surface area contributed by atoms with Crippen LogP contribution >= 0.6 is 15.6 Å². The monoisotopic (exact) mass is 1470 g/mol. The smallest absolute Gasteiger partial charge is 0.462 e. The molecule has 0 aliphatic carbocycles. The van der Waals surface area contributed by atoms with Crippen LogP contribution in [0.5, 0.6) is 0 Å². The molecule has 100 heavy (non-hydrogen) atoms. The van der Waals surface area contributed by atoms with Gasteiger partial charge in [-0.25, -0.2) is 9.13 Å². The summed E-state index contributed by atoms with van der Waals surface area (Å²) < 4.78 is 68.7. The maximum Gasteiger partial charge on any atom is 0.472 e. The Morgan fingerprint density at radius 3 is 0.710 bits per heavy atom. The molecule has 0 rings (SSSR count). The van der Waals surface area contributed by atoms with Crippen LogP contribution < -0.4 is 0 Å². The fraction of sp³-hybridized carbons (Fsp3) is 0.951. The molecule has 0 aromatic heterocycles. The molecule has 3 unspecified atom stereocenters. The number of rotatable bonds is 81. The van der Waals surface area contributed by atoms with Crippen molar-refractivity contribution in [2.75, 3.05) is 39.6 Å². The molecule has 17 nitrogen and oxygen atoms in total. The number of hydrogen-bond acceptors (Lipinski definition) is 15. The molecule has 3 N–H and O–H groups in total. The second-order valence-corrected chi connectivity index (χ2v) is 32.3.